The molecule has 2 aromatic rings. The molecule has 0 unspecified atom stereocenters. The van der Waals surface area contributed by atoms with Crippen molar-refractivity contribution < 1.29 is 27.4 Å². The number of amides is 1. The third kappa shape index (κ3) is 6.29. The molecule has 2 rings (SSSR count). The maximum atomic E-state index is 12.9. The lowest BCUT2D eigenvalue weighted by Crippen LogP contribution is -2.27. The molecule has 1 heterocycles. The van der Waals surface area contributed by atoms with Gasteiger partial charge in [-0.1, -0.05) is 17.7 Å². The van der Waals surface area contributed by atoms with Gasteiger partial charge in [-0.25, -0.2) is 0 Å². The fraction of sp³-hybridized carbons (Fsp3) is 0.500. The highest BCUT2D eigenvalue weighted by Gasteiger charge is 2.38. The van der Waals surface area contributed by atoms with Crippen LogP contribution < -0.4 is 14.8 Å². The minimum atomic E-state index is -4.60. The number of nitrogens with one attached hydrogen (secondary N) is 1. The van der Waals surface area contributed by atoms with Gasteiger partial charge < -0.3 is 14.8 Å². The number of hydrogen-bond donors (Lipinski definition) is 1. The largest absolute Gasteiger partial charge is 0.490 e. The number of halogens is 4. The number of carbonyl (C=O) groups is 1. The minimum absolute atomic E-state index is 0.150. The Morgan fingerprint density at radius 3 is 2.47 bits per heavy atom. The summed E-state index contributed by atoms with van der Waals surface area (Å²) < 4.78 is 50.8. The van der Waals surface area contributed by atoms with Crippen LogP contribution in [0.5, 0.6) is 11.5 Å². The van der Waals surface area contributed by atoms with E-state index in [0.717, 1.165) is 5.56 Å². The molecule has 0 saturated heterocycles. The number of aromatic nitrogens is 2. The number of alkyl halides is 3. The van der Waals surface area contributed by atoms with E-state index in [1.54, 1.807) is 18.2 Å². The van der Waals surface area contributed by atoms with Gasteiger partial charge in [-0.3, -0.25) is 9.48 Å². The summed E-state index contributed by atoms with van der Waals surface area (Å²) in [7, 11) is 0. The lowest BCUT2D eigenvalue weighted by molar-refractivity contribution is -0.141. The van der Waals surface area contributed by atoms with Crippen molar-refractivity contribution in [3.05, 3.63) is 40.2 Å². The van der Waals surface area contributed by atoms with E-state index in [9.17, 15) is 18.0 Å². The van der Waals surface area contributed by atoms with Crippen molar-refractivity contribution in [2.24, 2.45) is 0 Å². The van der Waals surface area contributed by atoms with Gasteiger partial charge in [-0.15, -0.1) is 0 Å². The number of ether oxygens (including phenoxy) is 2. The molecule has 30 heavy (non-hydrogen) atoms. The van der Waals surface area contributed by atoms with Crippen molar-refractivity contribution in [1.82, 2.24) is 15.1 Å². The van der Waals surface area contributed by atoms with Gasteiger partial charge in [0.05, 0.1) is 30.4 Å². The fourth-order valence-electron chi connectivity index (χ4n) is 2.83. The van der Waals surface area contributed by atoms with Gasteiger partial charge in [-0.2, -0.15) is 18.3 Å². The van der Waals surface area contributed by atoms with Crippen LogP contribution in [0.3, 0.4) is 0 Å². The van der Waals surface area contributed by atoms with Crippen molar-refractivity contribution in [2.75, 3.05) is 19.8 Å². The second kappa shape index (κ2) is 10.6. The molecule has 0 saturated carbocycles. The predicted molar refractivity (Wildman–Crippen MR) is 107 cm³/mol. The standard InChI is InChI=1S/C20H25ClF3N3O3/c1-4-29-15-8-7-14(11-16(15)30-5-2)12-17(28)25-9-6-10-27-13(3)18(21)19(26-27)20(22,23)24/h7-8,11H,4-6,9-10,12H2,1-3H3,(H,25,28). The van der Waals surface area contributed by atoms with Crippen LogP contribution in [-0.4, -0.2) is 35.4 Å². The molecule has 1 aromatic heterocycles. The number of rotatable bonds is 10. The van der Waals surface area contributed by atoms with Crippen LogP contribution in [0.25, 0.3) is 0 Å². The first-order chi connectivity index (χ1) is 14.2. The molecule has 0 bridgehead atoms. The van der Waals surface area contributed by atoms with E-state index >= 15 is 0 Å². The molecule has 1 N–H and O–H groups in total. The van der Waals surface area contributed by atoms with Crippen LogP contribution in [0.1, 0.15) is 37.2 Å². The van der Waals surface area contributed by atoms with E-state index in [2.05, 4.69) is 10.4 Å². The van der Waals surface area contributed by atoms with Gasteiger partial charge in [0, 0.05) is 13.1 Å². The van der Waals surface area contributed by atoms with Crippen LogP contribution >= 0.6 is 11.6 Å². The van der Waals surface area contributed by atoms with Crippen LogP contribution in [-0.2, 0) is 23.9 Å². The maximum absolute atomic E-state index is 12.9. The Kier molecular flexibility index (Phi) is 8.40. The van der Waals surface area contributed by atoms with Crippen LogP contribution in [0.15, 0.2) is 18.2 Å². The fourth-order valence-corrected chi connectivity index (χ4v) is 3.08. The van der Waals surface area contributed by atoms with Crippen LogP contribution in [0.2, 0.25) is 5.02 Å². The summed E-state index contributed by atoms with van der Waals surface area (Å²) in [4.78, 5) is 12.2. The lowest BCUT2D eigenvalue weighted by atomic mass is 10.1. The maximum Gasteiger partial charge on any atom is 0.436 e. The van der Waals surface area contributed by atoms with Gasteiger partial charge in [-0.05, 0) is 44.9 Å². The van der Waals surface area contributed by atoms with Gasteiger partial charge in [0.2, 0.25) is 5.91 Å². The highest BCUT2D eigenvalue weighted by molar-refractivity contribution is 6.31. The third-order valence-corrected chi connectivity index (χ3v) is 4.70. The normalized spacial score (nSPS) is 11.4. The molecule has 6 nitrogen and oxygen atoms in total. The molecule has 10 heteroatoms. The summed E-state index contributed by atoms with van der Waals surface area (Å²) >= 11 is 5.73. The minimum Gasteiger partial charge on any atom is -0.490 e. The summed E-state index contributed by atoms with van der Waals surface area (Å²) in [6.07, 6.45) is -4.04. The van der Waals surface area contributed by atoms with E-state index < -0.39 is 16.9 Å². The summed E-state index contributed by atoms with van der Waals surface area (Å²) in [5.74, 6) is 0.999. The zero-order valence-corrected chi connectivity index (χ0v) is 17.9. The first-order valence-corrected chi connectivity index (χ1v) is 10.00. The molecule has 0 radical (unpaired) electrons. The Morgan fingerprint density at radius 1 is 1.20 bits per heavy atom. The van der Waals surface area contributed by atoms with Crippen molar-refractivity contribution >= 4 is 17.5 Å². The number of hydrogen-bond acceptors (Lipinski definition) is 4. The molecule has 0 fully saturated rings. The number of benzene rings is 1. The molecular formula is C20H25ClF3N3O3. The van der Waals surface area contributed by atoms with E-state index in [1.807, 2.05) is 13.8 Å². The molecule has 166 valence electrons. The predicted octanol–water partition coefficient (Wildman–Crippen LogP) is 4.41. The number of carbonyl (C=O) groups excluding carboxylic acids is 1. The number of aryl methyl sites for hydroxylation is 1. The van der Waals surface area contributed by atoms with Gasteiger partial charge in [0.25, 0.3) is 0 Å². The molecule has 0 atom stereocenters. The quantitative estimate of drug-likeness (QED) is 0.548. The highest BCUT2D eigenvalue weighted by atomic mass is 35.5. The van der Waals surface area contributed by atoms with Crippen molar-refractivity contribution in [3.63, 3.8) is 0 Å². The van der Waals surface area contributed by atoms with Gasteiger partial charge in [0.15, 0.2) is 17.2 Å². The Balaban J connectivity index is 1.87. The zero-order valence-electron chi connectivity index (χ0n) is 17.1. The van der Waals surface area contributed by atoms with Crippen LogP contribution in [0, 0.1) is 6.92 Å². The Hall–Kier alpha value is -2.42. The molecule has 0 aliphatic rings. The molecule has 0 spiro atoms. The summed E-state index contributed by atoms with van der Waals surface area (Å²) in [5, 5.41) is 5.90. The second-order valence-electron chi connectivity index (χ2n) is 6.50. The Morgan fingerprint density at radius 2 is 1.87 bits per heavy atom. The summed E-state index contributed by atoms with van der Waals surface area (Å²) in [6, 6.07) is 5.32. The third-order valence-electron chi connectivity index (χ3n) is 4.24. The van der Waals surface area contributed by atoms with Crippen molar-refractivity contribution in [1.29, 1.82) is 0 Å². The molecular weight excluding hydrogens is 423 g/mol. The molecule has 0 aliphatic carbocycles. The van der Waals surface area contributed by atoms with E-state index in [1.165, 1.54) is 11.6 Å². The topological polar surface area (TPSA) is 65.4 Å². The summed E-state index contributed by atoms with van der Waals surface area (Å²) in [5.41, 5.74) is -0.0802. The first kappa shape index (κ1) is 23.9. The van der Waals surface area contributed by atoms with E-state index in [0.29, 0.717) is 37.7 Å². The smallest absolute Gasteiger partial charge is 0.436 e. The lowest BCUT2D eigenvalue weighted by Gasteiger charge is -2.12. The van der Waals surface area contributed by atoms with Crippen molar-refractivity contribution in [2.45, 2.75) is 46.3 Å². The Labute approximate surface area is 178 Å². The van der Waals surface area contributed by atoms with E-state index in [-0.39, 0.29) is 24.6 Å². The molecule has 1 aromatic carbocycles. The highest BCUT2D eigenvalue weighted by Crippen LogP contribution is 2.35. The molecule has 0 aliphatic heterocycles. The van der Waals surface area contributed by atoms with Gasteiger partial charge >= 0.3 is 6.18 Å². The monoisotopic (exact) mass is 447 g/mol. The first-order valence-electron chi connectivity index (χ1n) is 9.62. The Bertz CT molecular complexity index is 869. The average molecular weight is 448 g/mol. The zero-order chi connectivity index (χ0) is 22.3. The van der Waals surface area contributed by atoms with Crippen LogP contribution in [0.4, 0.5) is 13.2 Å². The number of nitrogens with zero attached hydrogens (tertiary/aromatic N) is 2. The van der Waals surface area contributed by atoms with E-state index in [4.69, 9.17) is 21.1 Å². The average Bonchev–Trinajstić information content (AvgIpc) is 2.96. The molecule has 1 amide bonds. The second-order valence-corrected chi connectivity index (χ2v) is 6.87. The summed E-state index contributed by atoms with van der Waals surface area (Å²) in [6.45, 7) is 6.70. The van der Waals surface area contributed by atoms with Gasteiger partial charge in [0.1, 0.15) is 0 Å². The SMILES string of the molecule is CCOc1ccc(CC(=O)NCCCn2nc(C(F)(F)F)c(Cl)c2C)cc1OCC. The van der Waals surface area contributed by atoms with Crippen molar-refractivity contribution in [3.8, 4) is 11.5 Å².